The molecule has 1 aliphatic carbocycles. The normalized spacial score (nSPS) is 21.5. The molecule has 16 heavy (non-hydrogen) atoms. The Kier molecular flexibility index (Phi) is 4.29. The third-order valence-electron chi connectivity index (χ3n) is 3.20. The molecule has 0 radical (unpaired) electrons. The Hall–Kier alpha value is -1.10. The van der Waals surface area contributed by atoms with E-state index in [1.165, 1.54) is 0 Å². The lowest BCUT2D eigenvalue weighted by Gasteiger charge is -2.37. The second-order valence-electron chi connectivity index (χ2n) is 4.48. The number of ketones is 1. The van der Waals surface area contributed by atoms with E-state index in [9.17, 15) is 9.59 Å². The number of carbonyl (C=O) groups excluding carboxylic acids is 1. The van der Waals surface area contributed by atoms with Crippen molar-refractivity contribution in [1.29, 1.82) is 0 Å². The molecule has 0 heterocycles. The van der Waals surface area contributed by atoms with Gasteiger partial charge < -0.3 is 15.2 Å². The van der Waals surface area contributed by atoms with Crippen LogP contribution in [0.25, 0.3) is 0 Å². The first kappa shape index (κ1) is 13.0. The lowest BCUT2D eigenvalue weighted by Crippen LogP contribution is -2.43. The van der Waals surface area contributed by atoms with Crippen molar-refractivity contribution in [3.63, 3.8) is 0 Å². The van der Waals surface area contributed by atoms with Crippen LogP contribution in [0.1, 0.15) is 39.0 Å². The summed E-state index contributed by atoms with van der Waals surface area (Å²) in [7, 11) is 1.63. The number of Topliss-reactive ketones (excluding diaryl/α,β-unsaturated/α-hetero) is 1. The predicted octanol–water partition coefficient (Wildman–Crippen LogP) is 1.56. The molecule has 0 bridgehead atoms. The van der Waals surface area contributed by atoms with Crippen LogP contribution in [0.3, 0.4) is 0 Å². The van der Waals surface area contributed by atoms with Crippen LogP contribution in [-0.2, 0) is 9.53 Å². The summed E-state index contributed by atoms with van der Waals surface area (Å²) < 4.78 is 5.49. The van der Waals surface area contributed by atoms with Gasteiger partial charge in [-0.05, 0) is 26.2 Å². The molecular formula is C11H19NO4. The van der Waals surface area contributed by atoms with Crippen molar-refractivity contribution < 1.29 is 19.4 Å². The second kappa shape index (κ2) is 5.30. The van der Waals surface area contributed by atoms with E-state index in [0.29, 0.717) is 32.1 Å². The van der Waals surface area contributed by atoms with Crippen molar-refractivity contribution >= 4 is 11.9 Å². The van der Waals surface area contributed by atoms with E-state index in [4.69, 9.17) is 9.84 Å². The largest absolute Gasteiger partial charge is 0.465 e. The Balaban J connectivity index is 2.53. The SMILES string of the molecule is COC1(C[C@H](C)NC(=O)O)CCC(=O)CC1. The molecule has 0 aromatic rings. The number of hydrogen-bond donors (Lipinski definition) is 2. The van der Waals surface area contributed by atoms with Crippen LogP contribution in [0.5, 0.6) is 0 Å². The maximum absolute atomic E-state index is 11.2. The summed E-state index contributed by atoms with van der Waals surface area (Å²) in [6.45, 7) is 1.81. The fourth-order valence-corrected chi connectivity index (χ4v) is 2.30. The Morgan fingerprint density at radius 3 is 2.56 bits per heavy atom. The first-order valence-corrected chi connectivity index (χ1v) is 5.54. The molecule has 1 saturated carbocycles. The van der Waals surface area contributed by atoms with Gasteiger partial charge in [-0.1, -0.05) is 0 Å². The van der Waals surface area contributed by atoms with Crippen molar-refractivity contribution in [3.8, 4) is 0 Å². The highest BCUT2D eigenvalue weighted by atomic mass is 16.5. The van der Waals surface area contributed by atoms with Crippen molar-refractivity contribution in [1.82, 2.24) is 5.32 Å². The van der Waals surface area contributed by atoms with Gasteiger partial charge in [0, 0.05) is 26.0 Å². The van der Waals surface area contributed by atoms with Crippen LogP contribution >= 0.6 is 0 Å². The Labute approximate surface area is 95.2 Å². The number of hydrogen-bond acceptors (Lipinski definition) is 3. The smallest absolute Gasteiger partial charge is 0.404 e. The zero-order chi connectivity index (χ0) is 12.2. The molecule has 0 spiro atoms. The van der Waals surface area contributed by atoms with Gasteiger partial charge in [0.15, 0.2) is 0 Å². The third-order valence-corrected chi connectivity index (χ3v) is 3.20. The average Bonchev–Trinajstić information content (AvgIpc) is 2.21. The second-order valence-corrected chi connectivity index (χ2v) is 4.48. The molecular weight excluding hydrogens is 210 g/mol. The monoisotopic (exact) mass is 229 g/mol. The van der Waals surface area contributed by atoms with Gasteiger partial charge in [-0.2, -0.15) is 0 Å². The number of ether oxygens (including phenoxy) is 1. The van der Waals surface area contributed by atoms with Crippen LogP contribution in [0.4, 0.5) is 4.79 Å². The zero-order valence-corrected chi connectivity index (χ0v) is 9.78. The summed E-state index contributed by atoms with van der Waals surface area (Å²) in [5, 5.41) is 11.0. The Morgan fingerprint density at radius 2 is 2.12 bits per heavy atom. The lowest BCUT2D eigenvalue weighted by atomic mass is 9.80. The lowest BCUT2D eigenvalue weighted by molar-refractivity contribution is -0.128. The highest BCUT2D eigenvalue weighted by molar-refractivity contribution is 5.79. The molecule has 1 fully saturated rings. The predicted molar refractivity (Wildman–Crippen MR) is 58.5 cm³/mol. The Morgan fingerprint density at radius 1 is 1.56 bits per heavy atom. The molecule has 1 aliphatic rings. The number of nitrogens with one attached hydrogen (secondary N) is 1. The number of rotatable bonds is 4. The summed E-state index contributed by atoms with van der Waals surface area (Å²) in [6.07, 6.45) is 2.04. The Bertz CT molecular complexity index is 267. The fourth-order valence-electron chi connectivity index (χ4n) is 2.30. The van der Waals surface area contributed by atoms with Crippen LogP contribution in [-0.4, -0.2) is 35.7 Å². The van der Waals surface area contributed by atoms with Crippen LogP contribution < -0.4 is 5.32 Å². The number of methoxy groups -OCH3 is 1. The van der Waals surface area contributed by atoms with Crippen LogP contribution in [0.15, 0.2) is 0 Å². The number of amides is 1. The minimum absolute atomic E-state index is 0.161. The minimum atomic E-state index is -1.02. The molecule has 0 unspecified atom stereocenters. The number of carbonyl (C=O) groups is 2. The van der Waals surface area contributed by atoms with Crippen LogP contribution in [0, 0.1) is 0 Å². The maximum Gasteiger partial charge on any atom is 0.404 e. The molecule has 92 valence electrons. The van der Waals surface area contributed by atoms with Gasteiger partial charge in [-0.15, -0.1) is 0 Å². The van der Waals surface area contributed by atoms with E-state index >= 15 is 0 Å². The zero-order valence-electron chi connectivity index (χ0n) is 9.78. The van der Waals surface area contributed by atoms with Crippen molar-refractivity contribution in [3.05, 3.63) is 0 Å². The van der Waals surface area contributed by atoms with E-state index < -0.39 is 6.09 Å². The summed E-state index contributed by atoms with van der Waals surface area (Å²) in [6, 6.07) is -0.161. The van der Waals surface area contributed by atoms with E-state index in [-0.39, 0.29) is 17.4 Å². The molecule has 1 amide bonds. The van der Waals surface area contributed by atoms with Gasteiger partial charge in [0.05, 0.1) is 5.60 Å². The third kappa shape index (κ3) is 3.48. The minimum Gasteiger partial charge on any atom is -0.465 e. The summed E-state index contributed by atoms with van der Waals surface area (Å²) in [5.74, 6) is 0.270. The van der Waals surface area contributed by atoms with Crippen molar-refractivity contribution in [2.24, 2.45) is 0 Å². The highest BCUT2D eigenvalue weighted by Crippen LogP contribution is 2.33. The molecule has 5 heteroatoms. The van der Waals surface area contributed by atoms with Gasteiger partial charge >= 0.3 is 6.09 Å². The first-order valence-electron chi connectivity index (χ1n) is 5.54. The van der Waals surface area contributed by atoms with E-state index in [1.807, 2.05) is 6.92 Å². The van der Waals surface area contributed by atoms with E-state index in [1.54, 1.807) is 7.11 Å². The van der Waals surface area contributed by atoms with Gasteiger partial charge in [-0.25, -0.2) is 4.79 Å². The van der Waals surface area contributed by atoms with Crippen LogP contribution in [0.2, 0.25) is 0 Å². The number of carboxylic acid groups (broad SMARTS) is 1. The van der Waals surface area contributed by atoms with Crippen molar-refractivity contribution in [2.75, 3.05) is 7.11 Å². The molecule has 0 saturated heterocycles. The van der Waals surface area contributed by atoms with E-state index in [0.717, 1.165) is 0 Å². The molecule has 2 N–H and O–H groups in total. The average molecular weight is 229 g/mol. The summed E-state index contributed by atoms with van der Waals surface area (Å²) >= 11 is 0. The van der Waals surface area contributed by atoms with Gasteiger partial charge in [0.25, 0.3) is 0 Å². The summed E-state index contributed by atoms with van der Waals surface area (Å²) in [5.41, 5.74) is -0.338. The van der Waals surface area contributed by atoms with Gasteiger partial charge in [0.1, 0.15) is 5.78 Å². The topological polar surface area (TPSA) is 75.6 Å². The molecule has 1 atom stereocenters. The summed E-state index contributed by atoms with van der Waals surface area (Å²) in [4.78, 5) is 21.7. The van der Waals surface area contributed by atoms with Crippen molar-refractivity contribution in [2.45, 2.75) is 50.7 Å². The highest BCUT2D eigenvalue weighted by Gasteiger charge is 2.36. The molecule has 5 nitrogen and oxygen atoms in total. The quantitative estimate of drug-likeness (QED) is 0.767. The molecule has 0 aromatic heterocycles. The van der Waals surface area contributed by atoms with E-state index in [2.05, 4.69) is 5.32 Å². The molecule has 0 aliphatic heterocycles. The van der Waals surface area contributed by atoms with Gasteiger partial charge in [0.2, 0.25) is 0 Å². The molecule has 0 aromatic carbocycles. The fraction of sp³-hybridized carbons (Fsp3) is 0.818. The molecule has 1 rings (SSSR count). The van der Waals surface area contributed by atoms with Gasteiger partial charge in [-0.3, -0.25) is 4.79 Å². The maximum atomic E-state index is 11.2. The standard InChI is InChI=1S/C11H19NO4/c1-8(12-10(14)15)7-11(16-2)5-3-9(13)4-6-11/h8,12H,3-7H2,1-2H3,(H,14,15)/t8-/m0/s1. The first-order chi connectivity index (χ1) is 7.47.